The fraction of sp³-hybridized carbons (Fsp3) is 0. The number of nitrogens with zero attached hydrogens (tertiary/aromatic N) is 1. The molecule has 0 bridgehead atoms. The summed E-state index contributed by atoms with van der Waals surface area (Å²) in [5, 5.41) is 8.51. The van der Waals surface area contributed by atoms with E-state index in [-0.39, 0.29) is 11.6 Å². The molecule has 0 unspecified atom stereocenters. The molecule has 1 rings (SSSR count). The third kappa shape index (κ3) is 0.556. The average Bonchev–Trinajstić information content (AvgIpc) is 2.14. The van der Waals surface area contributed by atoms with E-state index in [0.29, 0.717) is 6.29 Å². The van der Waals surface area contributed by atoms with Crippen LogP contribution in [0.5, 0.6) is 5.88 Å². The van der Waals surface area contributed by atoms with Crippen molar-refractivity contribution in [2.75, 3.05) is 0 Å². The van der Waals surface area contributed by atoms with E-state index in [0.717, 1.165) is 6.39 Å². The zero-order chi connectivity index (χ0) is 5.98. The number of hydrogen-bond donors (Lipinski definition) is 1. The molecule has 0 fully saturated rings. The lowest BCUT2D eigenvalue weighted by Crippen LogP contribution is -1.71. The zero-order valence-electron chi connectivity index (χ0n) is 3.87. The lowest BCUT2D eigenvalue weighted by Gasteiger charge is -1.75. The van der Waals surface area contributed by atoms with Gasteiger partial charge in [-0.25, -0.2) is 0 Å². The molecule has 0 aliphatic carbocycles. The summed E-state index contributed by atoms with van der Waals surface area (Å²) in [7, 11) is 0. The van der Waals surface area contributed by atoms with Gasteiger partial charge in [0.15, 0.2) is 12.7 Å². The van der Waals surface area contributed by atoms with Gasteiger partial charge in [0.25, 0.3) is 5.88 Å². The van der Waals surface area contributed by atoms with Crippen LogP contribution in [-0.2, 0) is 0 Å². The minimum atomic E-state index is -0.361. The summed E-state index contributed by atoms with van der Waals surface area (Å²) in [4.78, 5) is 13.0. The molecule has 1 heterocycles. The zero-order valence-corrected chi connectivity index (χ0v) is 3.87. The molecule has 4 heteroatoms. The Hall–Kier alpha value is -1.32. The second-order valence-corrected chi connectivity index (χ2v) is 1.16. The third-order valence-electron chi connectivity index (χ3n) is 0.682. The van der Waals surface area contributed by atoms with Crippen molar-refractivity contribution in [3.8, 4) is 5.88 Å². The van der Waals surface area contributed by atoms with Crippen molar-refractivity contribution in [2.24, 2.45) is 0 Å². The third-order valence-corrected chi connectivity index (χ3v) is 0.682. The van der Waals surface area contributed by atoms with Crippen LogP contribution >= 0.6 is 0 Å². The molecule has 1 aromatic rings. The number of hydrogen-bond acceptors (Lipinski definition) is 4. The van der Waals surface area contributed by atoms with Crippen LogP contribution in [0.25, 0.3) is 0 Å². The molecule has 0 radical (unpaired) electrons. The Bertz CT molecular complexity index is 193. The fourth-order valence-electron chi connectivity index (χ4n) is 0.330. The number of rotatable bonds is 1. The Morgan fingerprint density at radius 3 is 2.88 bits per heavy atom. The molecule has 0 aliphatic heterocycles. The first-order valence-corrected chi connectivity index (χ1v) is 1.92. The van der Waals surface area contributed by atoms with E-state index in [1.165, 1.54) is 0 Å². The first-order chi connectivity index (χ1) is 3.84. The highest BCUT2D eigenvalue weighted by atomic mass is 16.4. The Morgan fingerprint density at radius 1 is 1.88 bits per heavy atom. The quantitative estimate of drug-likeness (QED) is 0.528. The normalized spacial score (nSPS) is 9.00. The molecule has 0 spiro atoms. The number of carbonyl (C=O) groups is 1. The standard InChI is InChI=1S/C4H3NO3/c6-1-3-4(7)5-2-8-3/h1-2,7H. The number of aromatic nitrogens is 1. The van der Waals surface area contributed by atoms with Gasteiger partial charge in [0.05, 0.1) is 0 Å². The molecular formula is C4H3NO3. The molecule has 8 heavy (non-hydrogen) atoms. The summed E-state index contributed by atoms with van der Waals surface area (Å²) in [5.74, 6) is -0.495. The van der Waals surface area contributed by atoms with Crippen molar-refractivity contribution in [2.45, 2.75) is 0 Å². The molecule has 0 aromatic carbocycles. The Balaban J connectivity index is 3.09. The van der Waals surface area contributed by atoms with Gasteiger partial charge in [-0.05, 0) is 0 Å². The minimum absolute atomic E-state index is 0.134. The van der Waals surface area contributed by atoms with Crippen molar-refractivity contribution in [1.82, 2.24) is 4.98 Å². The second-order valence-electron chi connectivity index (χ2n) is 1.16. The van der Waals surface area contributed by atoms with Crippen molar-refractivity contribution in [3.05, 3.63) is 12.2 Å². The summed E-state index contributed by atoms with van der Waals surface area (Å²) < 4.78 is 4.38. The van der Waals surface area contributed by atoms with Gasteiger partial charge in [0.1, 0.15) is 0 Å². The lowest BCUT2D eigenvalue weighted by atomic mass is 10.5. The van der Waals surface area contributed by atoms with E-state index in [1.807, 2.05) is 0 Å². The molecule has 42 valence electrons. The van der Waals surface area contributed by atoms with Crippen molar-refractivity contribution >= 4 is 6.29 Å². The predicted molar refractivity (Wildman–Crippen MR) is 23.6 cm³/mol. The van der Waals surface area contributed by atoms with Gasteiger partial charge < -0.3 is 9.52 Å². The Morgan fingerprint density at radius 2 is 2.62 bits per heavy atom. The van der Waals surface area contributed by atoms with Crippen LogP contribution in [-0.4, -0.2) is 16.4 Å². The summed E-state index contributed by atoms with van der Waals surface area (Å²) in [6, 6.07) is 0. The van der Waals surface area contributed by atoms with Gasteiger partial charge in [-0.1, -0.05) is 0 Å². The maximum Gasteiger partial charge on any atom is 0.261 e. The highest BCUT2D eigenvalue weighted by Gasteiger charge is 2.01. The molecule has 0 amide bonds. The van der Waals surface area contributed by atoms with E-state index >= 15 is 0 Å². The van der Waals surface area contributed by atoms with Gasteiger partial charge in [0.2, 0.25) is 5.76 Å². The Kier molecular flexibility index (Phi) is 0.997. The molecule has 1 N–H and O–H groups in total. The van der Waals surface area contributed by atoms with Gasteiger partial charge >= 0.3 is 0 Å². The van der Waals surface area contributed by atoms with Crippen LogP contribution in [0.1, 0.15) is 10.6 Å². The molecular weight excluding hydrogens is 110 g/mol. The lowest BCUT2D eigenvalue weighted by molar-refractivity contribution is 0.109. The number of aromatic hydroxyl groups is 1. The van der Waals surface area contributed by atoms with Gasteiger partial charge in [-0.2, -0.15) is 4.98 Å². The monoisotopic (exact) mass is 113 g/mol. The smallest absolute Gasteiger partial charge is 0.261 e. The second kappa shape index (κ2) is 1.65. The topological polar surface area (TPSA) is 63.3 Å². The SMILES string of the molecule is O=Cc1ocnc1O. The maximum absolute atomic E-state index is 9.79. The molecule has 0 saturated carbocycles. The Labute approximate surface area is 44.8 Å². The van der Waals surface area contributed by atoms with E-state index in [4.69, 9.17) is 5.11 Å². The molecule has 1 aromatic heterocycles. The summed E-state index contributed by atoms with van der Waals surface area (Å²) in [6.07, 6.45) is 1.39. The van der Waals surface area contributed by atoms with Crippen LogP contribution in [0.15, 0.2) is 10.8 Å². The molecule has 0 atom stereocenters. The summed E-state index contributed by atoms with van der Waals surface area (Å²) >= 11 is 0. The predicted octanol–water partition coefficient (Wildman–Crippen LogP) is 0.193. The van der Waals surface area contributed by atoms with Crippen LogP contribution in [0.3, 0.4) is 0 Å². The molecule has 0 saturated heterocycles. The largest absolute Gasteiger partial charge is 0.490 e. The first-order valence-electron chi connectivity index (χ1n) is 1.92. The van der Waals surface area contributed by atoms with Crippen molar-refractivity contribution < 1.29 is 14.3 Å². The highest BCUT2D eigenvalue weighted by Crippen LogP contribution is 2.08. The van der Waals surface area contributed by atoms with E-state index < -0.39 is 0 Å². The summed E-state index contributed by atoms with van der Waals surface area (Å²) in [6.45, 7) is 0. The number of aldehydes is 1. The van der Waals surface area contributed by atoms with Crippen LogP contribution in [0.2, 0.25) is 0 Å². The average molecular weight is 113 g/mol. The van der Waals surface area contributed by atoms with E-state index in [9.17, 15) is 4.79 Å². The van der Waals surface area contributed by atoms with Gasteiger partial charge in [-0.15, -0.1) is 0 Å². The number of carbonyl (C=O) groups excluding carboxylic acids is 1. The van der Waals surface area contributed by atoms with Crippen LogP contribution in [0.4, 0.5) is 0 Å². The van der Waals surface area contributed by atoms with Crippen molar-refractivity contribution in [1.29, 1.82) is 0 Å². The van der Waals surface area contributed by atoms with E-state index in [2.05, 4.69) is 9.40 Å². The van der Waals surface area contributed by atoms with E-state index in [1.54, 1.807) is 0 Å². The summed E-state index contributed by atoms with van der Waals surface area (Å²) in [5.41, 5.74) is 0. The molecule has 4 nitrogen and oxygen atoms in total. The van der Waals surface area contributed by atoms with Gasteiger partial charge in [-0.3, -0.25) is 4.79 Å². The number of oxazole rings is 1. The van der Waals surface area contributed by atoms with Gasteiger partial charge in [0, 0.05) is 0 Å². The van der Waals surface area contributed by atoms with Crippen molar-refractivity contribution in [3.63, 3.8) is 0 Å². The molecule has 0 aliphatic rings. The van der Waals surface area contributed by atoms with Crippen LogP contribution in [0, 0.1) is 0 Å². The highest BCUT2D eigenvalue weighted by molar-refractivity contribution is 5.73. The minimum Gasteiger partial charge on any atom is -0.490 e. The fourth-order valence-corrected chi connectivity index (χ4v) is 0.330. The van der Waals surface area contributed by atoms with Crippen LogP contribution < -0.4 is 0 Å². The first kappa shape index (κ1) is 4.83. The maximum atomic E-state index is 9.79.